The van der Waals surface area contributed by atoms with Crippen LogP contribution in [0.2, 0.25) is 0 Å². The number of carbonyl (C=O) groups excluding carboxylic acids is 7. The number of fused-ring (bicyclic) bond motifs is 1. The lowest BCUT2D eigenvalue weighted by molar-refractivity contribution is -0.552. The first-order chi connectivity index (χ1) is 34.5. The summed E-state index contributed by atoms with van der Waals surface area (Å²) in [6.45, 7) is 11.3. The summed E-state index contributed by atoms with van der Waals surface area (Å²) in [6, 6.07) is 22.1. The third kappa shape index (κ3) is 18.8. The van der Waals surface area contributed by atoms with E-state index in [1.165, 1.54) is 0 Å². The molecule has 0 saturated carbocycles. The maximum absolute atomic E-state index is 13.9. The Hall–Kier alpha value is -7.70. The number of carbonyl (C=O) groups is 8. The van der Waals surface area contributed by atoms with Gasteiger partial charge in [0.05, 0.1) is 25.9 Å². The first kappa shape index (κ1) is 56.2. The zero-order valence-electron chi connectivity index (χ0n) is 42.6. The quantitative estimate of drug-likeness (QED) is 0.0297. The molecule has 0 fully saturated rings. The largest absolute Gasteiger partial charge is 0.494 e. The molecule has 19 heteroatoms. The Labute approximate surface area is 425 Å². The van der Waals surface area contributed by atoms with Crippen LogP contribution >= 0.6 is 0 Å². The van der Waals surface area contributed by atoms with Crippen LogP contribution in [-0.2, 0) is 55.9 Å². The predicted octanol–water partition coefficient (Wildman–Crippen LogP) is 4.77. The summed E-state index contributed by atoms with van der Waals surface area (Å²) >= 11 is 0. The molecule has 5 rings (SSSR count). The zero-order valence-corrected chi connectivity index (χ0v) is 42.6. The first-order valence-corrected chi connectivity index (χ1v) is 24.4. The van der Waals surface area contributed by atoms with E-state index in [1.807, 2.05) is 84.9 Å². The van der Waals surface area contributed by atoms with Gasteiger partial charge >= 0.3 is 29.6 Å². The van der Waals surface area contributed by atoms with Crippen molar-refractivity contribution in [3.63, 3.8) is 0 Å². The molecule has 390 valence electrons. The maximum Gasteiger partial charge on any atom is 0.359 e. The van der Waals surface area contributed by atoms with Crippen LogP contribution in [-0.4, -0.2) is 106 Å². The Morgan fingerprint density at radius 3 is 1.85 bits per heavy atom. The molecule has 1 aliphatic heterocycles. The normalized spacial score (nSPS) is 14.3. The summed E-state index contributed by atoms with van der Waals surface area (Å²) in [4.78, 5) is 109. The fourth-order valence-electron chi connectivity index (χ4n) is 7.87. The highest BCUT2D eigenvalue weighted by Gasteiger charge is 2.41. The van der Waals surface area contributed by atoms with E-state index >= 15 is 0 Å². The molecule has 4 amide bonds. The van der Waals surface area contributed by atoms with Crippen LogP contribution in [0, 0.1) is 0 Å². The highest BCUT2D eigenvalue weighted by Crippen LogP contribution is 2.26. The van der Waals surface area contributed by atoms with E-state index in [2.05, 4.69) is 26.6 Å². The van der Waals surface area contributed by atoms with E-state index in [9.17, 15) is 43.5 Å². The zero-order chi connectivity index (χ0) is 53.3. The molecular formula is C54H68N7O12+. The van der Waals surface area contributed by atoms with Crippen molar-refractivity contribution in [1.82, 2.24) is 26.3 Å². The monoisotopic (exact) mass is 1010 g/mol. The van der Waals surface area contributed by atoms with E-state index in [-0.39, 0.29) is 12.5 Å². The van der Waals surface area contributed by atoms with Crippen molar-refractivity contribution in [3.8, 4) is 17.0 Å². The fourth-order valence-corrected chi connectivity index (χ4v) is 7.87. The number of amides is 4. The lowest BCUT2D eigenvalue weighted by Crippen LogP contribution is -2.58. The molecule has 1 aliphatic rings. The molecule has 73 heavy (non-hydrogen) atoms. The topological polar surface area (TPSA) is 261 Å². The second kappa shape index (κ2) is 26.1. The predicted molar refractivity (Wildman–Crippen MR) is 269 cm³/mol. The Morgan fingerprint density at radius 2 is 1.26 bits per heavy atom. The van der Waals surface area contributed by atoms with E-state index < -0.39 is 96.2 Å². The second-order valence-electron chi connectivity index (χ2n) is 19.8. The highest BCUT2D eigenvalue weighted by molar-refractivity contribution is 5.97. The van der Waals surface area contributed by atoms with Crippen LogP contribution in [0.1, 0.15) is 115 Å². The number of hydrogen-bond donors (Lipinski definition) is 6. The second-order valence-corrected chi connectivity index (χ2v) is 19.8. The Bertz CT molecular complexity index is 2580. The molecule has 1 aromatic heterocycles. The molecule has 2 heterocycles. The number of benzene rings is 3. The Morgan fingerprint density at radius 1 is 0.699 bits per heavy atom. The molecule has 4 aromatic rings. The number of carboxylic acids is 1. The summed E-state index contributed by atoms with van der Waals surface area (Å²) in [6.07, 6.45) is 3.30. The summed E-state index contributed by atoms with van der Waals surface area (Å²) in [7, 11) is 0. The lowest BCUT2D eigenvalue weighted by Gasteiger charge is -2.26. The van der Waals surface area contributed by atoms with Crippen LogP contribution in [0.4, 0.5) is 5.82 Å². The standard InChI is InChI=1S/C54H67N7O12/c1-34(62)56-40(30-45(63)64)50(68)60-42(32-47(66)73-54(5,6)7)51(69)59-41(31-46(65)72-53(2,3)4)49(67)55-25-16-8-9-17-26-71-38-24-18-21-36(27-38)29-43-52(70)61-33-44(37-22-14-11-15-23-37)57-39(48(61)58-43)28-35-19-12-10-13-20-35/h10-15,18-24,27,33,40-43H,8-9,16-17,25-26,28-32H2,1-7H3,(H5,55,56,59,60,62,63,64,67,68,69)/p+1. The molecule has 0 bridgehead atoms. The van der Waals surface area contributed by atoms with Crippen molar-refractivity contribution in [1.29, 1.82) is 0 Å². The van der Waals surface area contributed by atoms with Gasteiger partial charge in [0, 0.05) is 31.9 Å². The van der Waals surface area contributed by atoms with Gasteiger partial charge in [-0.15, -0.1) is 0 Å². The van der Waals surface area contributed by atoms with Gasteiger partial charge in [-0.2, -0.15) is 4.57 Å². The first-order valence-electron chi connectivity index (χ1n) is 24.4. The summed E-state index contributed by atoms with van der Waals surface area (Å²) in [5, 5.41) is 22.5. The number of unbranched alkanes of at least 4 members (excludes halogenated alkanes) is 3. The van der Waals surface area contributed by atoms with Crippen molar-refractivity contribution in [2.24, 2.45) is 0 Å². The number of carboxylic acid groups (broad SMARTS) is 1. The number of rotatable bonds is 25. The van der Waals surface area contributed by atoms with E-state index in [0.29, 0.717) is 56.0 Å². The molecule has 0 spiro atoms. The van der Waals surface area contributed by atoms with Crippen LogP contribution < -0.4 is 35.9 Å². The number of aliphatic carboxylic acids is 1. The molecule has 0 radical (unpaired) electrons. The Kier molecular flexibility index (Phi) is 20.1. The minimum absolute atomic E-state index is 0.0748. The summed E-state index contributed by atoms with van der Waals surface area (Å²) in [5.41, 5.74) is 2.50. The van der Waals surface area contributed by atoms with Gasteiger partial charge in [0.15, 0.2) is 6.04 Å². The van der Waals surface area contributed by atoms with Gasteiger partial charge < -0.3 is 40.6 Å². The number of aromatic nitrogens is 2. The minimum Gasteiger partial charge on any atom is -0.494 e. The number of ether oxygens (including phenoxy) is 3. The summed E-state index contributed by atoms with van der Waals surface area (Å²) < 4.78 is 18.5. The fraction of sp³-hybridized carbons (Fsp3) is 0.444. The van der Waals surface area contributed by atoms with Gasteiger partial charge in [-0.3, -0.25) is 38.9 Å². The SMILES string of the molecule is CC(=O)NC(CC(=O)O)C(=O)NC(CC(=O)OC(C)(C)C)C(=O)NC(CC(=O)OC(C)(C)C)C(=O)NCCCCCCOc1cccc(CC2Nc3c(Cc4ccccc4)nc(-c4ccccc4)c[n+]3C2=O)c1. The van der Waals surface area contributed by atoms with Crippen molar-refractivity contribution in [2.75, 3.05) is 18.5 Å². The van der Waals surface area contributed by atoms with Crippen molar-refractivity contribution >= 4 is 53.3 Å². The molecule has 0 saturated heterocycles. The molecule has 6 N–H and O–H groups in total. The van der Waals surface area contributed by atoms with E-state index in [0.717, 1.165) is 35.7 Å². The molecule has 4 atom stereocenters. The van der Waals surface area contributed by atoms with Crippen LogP contribution in [0.3, 0.4) is 0 Å². The van der Waals surface area contributed by atoms with Gasteiger partial charge in [0.1, 0.15) is 52.7 Å². The van der Waals surface area contributed by atoms with Crippen molar-refractivity contribution < 1.29 is 62.2 Å². The lowest BCUT2D eigenvalue weighted by atomic mass is 10.1. The van der Waals surface area contributed by atoms with Crippen molar-refractivity contribution in [3.05, 3.63) is 108 Å². The van der Waals surface area contributed by atoms with E-state index in [1.54, 1.807) is 52.3 Å². The number of hydrogen-bond acceptors (Lipinski definition) is 13. The average Bonchev–Trinajstić information content (AvgIpc) is 3.62. The number of anilines is 1. The number of esters is 2. The van der Waals surface area contributed by atoms with Crippen LogP contribution in [0.5, 0.6) is 5.75 Å². The number of nitrogens with zero attached hydrogens (tertiary/aromatic N) is 2. The van der Waals surface area contributed by atoms with Crippen LogP contribution in [0.25, 0.3) is 11.3 Å². The third-order valence-electron chi connectivity index (χ3n) is 11.0. The third-order valence-corrected chi connectivity index (χ3v) is 11.0. The molecule has 19 nitrogen and oxygen atoms in total. The van der Waals surface area contributed by atoms with E-state index in [4.69, 9.17) is 19.2 Å². The van der Waals surface area contributed by atoms with Gasteiger partial charge in [-0.05, 0) is 77.6 Å². The minimum atomic E-state index is -1.71. The highest BCUT2D eigenvalue weighted by atomic mass is 16.6. The van der Waals surface area contributed by atoms with Gasteiger partial charge in [0.2, 0.25) is 23.6 Å². The van der Waals surface area contributed by atoms with Gasteiger partial charge in [0.25, 0.3) is 0 Å². The average molecular weight is 1010 g/mol. The smallest absolute Gasteiger partial charge is 0.359 e. The Balaban J connectivity index is 1.13. The van der Waals surface area contributed by atoms with Gasteiger partial charge in [-0.1, -0.05) is 85.6 Å². The van der Waals surface area contributed by atoms with Gasteiger partial charge in [-0.25, -0.2) is 9.78 Å². The maximum atomic E-state index is 13.9. The van der Waals surface area contributed by atoms with Crippen molar-refractivity contribution in [2.45, 2.75) is 142 Å². The molecule has 3 aromatic carbocycles. The molecule has 0 aliphatic carbocycles. The molecule has 4 unspecified atom stereocenters. The summed E-state index contributed by atoms with van der Waals surface area (Å²) in [5.74, 6) is -5.46. The number of nitrogens with one attached hydrogen (secondary N) is 5. The van der Waals surface area contributed by atoms with Crippen LogP contribution in [0.15, 0.2) is 91.1 Å². The molecular weight excluding hydrogens is 939 g/mol.